The first-order valence-corrected chi connectivity index (χ1v) is 7.55. The zero-order valence-electron chi connectivity index (χ0n) is 10.0. The zero-order chi connectivity index (χ0) is 13.9. The Morgan fingerprint density at radius 3 is 2.53 bits per heavy atom. The van der Waals surface area contributed by atoms with Crippen LogP contribution in [0.3, 0.4) is 0 Å². The molecule has 0 saturated carbocycles. The highest BCUT2D eigenvalue weighted by atomic mass is 35.5. The van der Waals surface area contributed by atoms with Crippen LogP contribution in [0.15, 0.2) is 17.3 Å². The van der Waals surface area contributed by atoms with Crippen LogP contribution in [-0.4, -0.2) is 48.9 Å². The monoisotopic (exact) mass is 307 g/mol. The predicted octanol–water partition coefficient (Wildman–Crippen LogP) is -0.0502. The molecule has 1 saturated heterocycles. The molecule has 7 nitrogen and oxygen atoms in total. The van der Waals surface area contributed by atoms with Crippen LogP contribution in [0.1, 0.15) is 12.8 Å². The fraction of sp³-hybridized carbons (Fsp3) is 0.600. The van der Waals surface area contributed by atoms with Crippen LogP contribution >= 0.6 is 11.6 Å². The minimum absolute atomic E-state index is 0.0259. The molecular weight excluding hydrogens is 294 g/mol. The Morgan fingerprint density at radius 1 is 1.37 bits per heavy atom. The molecular formula is C10H14ClN3O4S. The van der Waals surface area contributed by atoms with Gasteiger partial charge in [0.25, 0.3) is 0 Å². The van der Waals surface area contributed by atoms with Gasteiger partial charge in [-0.05, 0) is 11.6 Å². The number of aromatic nitrogens is 2. The Bertz CT molecular complexity index is 528. The largest absolute Gasteiger partial charge is 0.388 e. The first-order chi connectivity index (χ1) is 8.91. The third-order valence-electron chi connectivity index (χ3n) is 2.92. The van der Waals surface area contributed by atoms with E-state index in [-0.39, 0.29) is 16.7 Å². The van der Waals surface area contributed by atoms with Crippen LogP contribution in [0.25, 0.3) is 0 Å². The molecule has 2 N–H and O–H groups in total. The Hall–Kier alpha value is -0.800. The topological polar surface area (TPSA) is 101 Å². The summed E-state index contributed by atoms with van der Waals surface area (Å²) in [5.41, 5.74) is -1.07. The maximum atomic E-state index is 12.0. The van der Waals surface area contributed by atoms with Gasteiger partial charge in [0.1, 0.15) is 4.90 Å². The Kier molecular flexibility index (Phi) is 4.36. The highest BCUT2D eigenvalue weighted by molar-refractivity contribution is 7.89. The minimum Gasteiger partial charge on any atom is -0.388 e. The number of nitrogens with one attached hydrogen (secondary N) is 1. The lowest BCUT2D eigenvalue weighted by molar-refractivity contribution is -0.0588. The second kappa shape index (κ2) is 5.68. The van der Waals surface area contributed by atoms with E-state index < -0.39 is 15.6 Å². The van der Waals surface area contributed by atoms with Gasteiger partial charge in [-0.15, -0.1) is 0 Å². The summed E-state index contributed by atoms with van der Waals surface area (Å²) in [5.74, 6) is 0. The summed E-state index contributed by atoms with van der Waals surface area (Å²) in [6, 6.07) is 0. The smallest absolute Gasteiger partial charge is 0.243 e. The van der Waals surface area contributed by atoms with E-state index in [9.17, 15) is 13.5 Å². The number of aliphatic hydroxyl groups is 1. The first-order valence-electron chi connectivity index (χ1n) is 5.69. The molecule has 1 aromatic heterocycles. The summed E-state index contributed by atoms with van der Waals surface area (Å²) in [6.45, 7) is 0.770. The summed E-state index contributed by atoms with van der Waals surface area (Å²) in [6.07, 6.45) is 3.02. The second-order valence-corrected chi connectivity index (χ2v) is 6.45. The van der Waals surface area contributed by atoms with Gasteiger partial charge < -0.3 is 9.84 Å². The molecule has 0 bridgehead atoms. The van der Waals surface area contributed by atoms with Crippen LogP contribution in [0.2, 0.25) is 5.28 Å². The quantitative estimate of drug-likeness (QED) is 0.756. The van der Waals surface area contributed by atoms with Crippen molar-refractivity contribution in [2.75, 3.05) is 19.8 Å². The van der Waals surface area contributed by atoms with Crippen molar-refractivity contribution in [3.05, 3.63) is 17.7 Å². The molecule has 9 heteroatoms. The summed E-state index contributed by atoms with van der Waals surface area (Å²) in [7, 11) is -3.75. The number of hydrogen-bond donors (Lipinski definition) is 2. The van der Waals surface area contributed by atoms with Gasteiger partial charge >= 0.3 is 0 Å². The number of rotatable bonds is 4. The molecule has 1 aliphatic rings. The maximum Gasteiger partial charge on any atom is 0.243 e. The number of halogens is 1. The Labute approximate surface area is 116 Å². The van der Waals surface area contributed by atoms with Crippen molar-refractivity contribution in [1.29, 1.82) is 0 Å². The summed E-state index contributed by atoms with van der Waals surface area (Å²) in [4.78, 5) is 7.13. The Balaban J connectivity index is 2.03. The number of nitrogens with zero attached hydrogens (tertiary/aromatic N) is 2. The van der Waals surface area contributed by atoms with Crippen molar-refractivity contribution >= 4 is 21.6 Å². The third-order valence-corrected chi connectivity index (χ3v) is 4.47. The van der Waals surface area contributed by atoms with E-state index in [1.807, 2.05) is 0 Å². The van der Waals surface area contributed by atoms with Gasteiger partial charge in [-0.2, -0.15) is 0 Å². The lowest BCUT2D eigenvalue weighted by atomic mass is 9.95. The maximum absolute atomic E-state index is 12.0. The molecule has 0 unspecified atom stereocenters. The van der Waals surface area contributed by atoms with E-state index in [1.165, 1.54) is 0 Å². The predicted molar refractivity (Wildman–Crippen MR) is 67.2 cm³/mol. The Morgan fingerprint density at radius 2 is 1.95 bits per heavy atom. The van der Waals surface area contributed by atoms with Crippen molar-refractivity contribution in [3.8, 4) is 0 Å². The molecule has 0 amide bonds. The fourth-order valence-electron chi connectivity index (χ4n) is 1.68. The summed E-state index contributed by atoms with van der Waals surface area (Å²) in [5, 5.41) is 10.1. The van der Waals surface area contributed by atoms with Gasteiger partial charge in [0.2, 0.25) is 15.3 Å². The van der Waals surface area contributed by atoms with E-state index in [1.54, 1.807) is 0 Å². The average molecular weight is 308 g/mol. The first kappa shape index (κ1) is 14.6. The lowest BCUT2D eigenvalue weighted by Crippen LogP contribution is -2.46. The lowest BCUT2D eigenvalue weighted by Gasteiger charge is -2.31. The van der Waals surface area contributed by atoms with Crippen molar-refractivity contribution in [2.24, 2.45) is 0 Å². The molecule has 1 fully saturated rings. The molecule has 0 aromatic carbocycles. The molecule has 0 radical (unpaired) electrons. The van der Waals surface area contributed by atoms with Gasteiger partial charge in [0, 0.05) is 32.6 Å². The van der Waals surface area contributed by atoms with Gasteiger partial charge in [0.05, 0.1) is 18.0 Å². The standard InChI is InChI=1S/C10H14ClN3O4S/c11-9-12-5-8(6-13-9)19(16,17)14-7-10(15)1-3-18-4-2-10/h5-6,14-15H,1-4,7H2. The van der Waals surface area contributed by atoms with Crippen LogP contribution in [0.4, 0.5) is 0 Å². The van der Waals surface area contributed by atoms with Crippen molar-refractivity contribution in [1.82, 2.24) is 14.7 Å². The van der Waals surface area contributed by atoms with Gasteiger partial charge in [-0.1, -0.05) is 0 Å². The summed E-state index contributed by atoms with van der Waals surface area (Å²) < 4.78 is 31.4. The highest BCUT2D eigenvalue weighted by Crippen LogP contribution is 2.20. The van der Waals surface area contributed by atoms with Gasteiger partial charge in [0.15, 0.2) is 0 Å². The number of sulfonamides is 1. The third kappa shape index (κ3) is 3.83. The van der Waals surface area contributed by atoms with Gasteiger partial charge in [-0.25, -0.2) is 23.1 Å². The van der Waals surface area contributed by atoms with Crippen molar-refractivity contribution in [3.63, 3.8) is 0 Å². The minimum atomic E-state index is -3.75. The number of ether oxygens (including phenoxy) is 1. The van der Waals surface area contributed by atoms with Crippen LogP contribution in [0.5, 0.6) is 0 Å². The highest BCUT2D eigenvalue weighted by Gasteiger charge is 2.31. The normalized spacial score (nSPS) is 19.3. The molecule has 106 valence electrons. The average Bonchev–Trinajstić information content (AvgIpc) is 2.38. The van der Waals surface area contributed by atoms with Crippen LogP contribution < -0.4 is 4.72 Å². The van der Waals surface area contributed by atoms with Crippen LogP contribution in [-0.2, 0) is 14.8 Å². The molecule has 0 aliphatic carbocycles. The van der Waals surface area contributed by atoms with E-state index >= 15 is 0 Å². The molecule has 2 heterocycles. The fourth-order valence-corrected chi connectivity index (χ4v) is 2.79. The van der Waals surface area contributed by atoms with Gasteiger partial charge in [-0.3, -0.25) is 0 Å². The molecule has 1 aromatic rings. The second-order valence-electron chi connectivity index (χ2n) is 4.35. The SMILES string of the molecule is O=S(=O)(NCC1(O)CCOCC1)c1cnc(Cl)nc1. The molecule has 1 aliphatic heterocycles. The van der Waals surface area contributed by atoms with Crippen LogP contribution in [0, 0.1) is 0 Å². The van der Waals surface area contributed by atoms with E-state index in [2.05, 4.69) is 14.7 Å². The van der Waals surface area contributed by atoms with E-state index in [0.717, 1.165) is 12.4 Å². The number of hydrogen-bond acceptors (Lipinski definition) is 6. The molecule has 0 spiro atoms. The van der Waals surface area contributed by atoms with E-state index in [4.69, 9.17) is 16.3 Å². The van der Waals surface area contributed by atoms with Crippen molar-refractivity contribution in [2.45, 2.75) is 23.3 Å². The van der Waals surface area contributed by atoms with Crippen molar-refractivity contribution < 1.29 is 18.3 Å². The molecule has 0 atom stereocenters. The zero-order valence-corrected chi connectivity index (χ0v) is 11.6. The molecule has 2 rings (SSSR count). The van der Waals surface area contributed by atoms with E-state index in [0.29, 0.717) is 26.1 Å². The molecule has 19 heavy (non-hydrogen) atoms. The summed E-state index contributed by atoms with van der Waals surface area (Å²) >= 11 is 5.49.